The highest BCUT2D eigenvalue weighted by molar-refractivity contribution is 5.92. The molecular formula is C11H13N3O3. The molecular weight excluding hydrogens is 222 g/mol. The Balaban J connectivity index is 2.03. The molecule has 2 N–H and O–H groups in total. The summed E-state index contributed by atoms with van der Waals surface area (Å²) in [5.74, 6) is -0.955. The molecule has 1 aromatic rings. The van der Waals surface area contributed by atoms with Gasteiger partial charge in [-0.2, -0.15) is 0 Å². The summed E-state index contributed by atoms with van der Waals surface area (Å²) in [7, 11) is 0. The normalized spacial score (nSPS) is 19.1. The van der Waals surface area contributed by atoms with Crippen LogP contribution in [0.4, 0.5) is 10.5 Å². The average Bonchev–Trinajstić information content (AvgIpc) is 2.79. The van der Waals surface area contributed by atoms with Crippen molar-refractivity contribution in [2.75, 3.05) is 11.9 Å². The molecule has 0 bridgehead atoms. The van der Waals surface area contributed by atoms with Gasteiger partial charge in [0, 0.05) is 12.7 Å². The zero-order valence-corrected chi connectivity index (χ0v) is 9.17. The molecule has 0 aliphatic carbocycles. The minimum absolute atomic E-state index is 0.386. The van der Waals surface area contributed by atoms with Crippen molar-refractivity contribution >= 4 is 17.7 Å². The second kappa shape index (κ2) is 4.82. The van der Waals surface area contributed by atoms with Crippen LogP contribution in [0.2, 0.25) is 0 Å². The molecule has 2 heterocycles. The molecule has 0 spiro atoms. The molecule has 1 saturated heterocycles. The number of rotatable bonds is 2. The van der Waals surface area contributed by atoms with Crippen LogP contribution in [0.15, 0.2) is 24.5 Å². The topological polar surface area (TPSA) is 82.5 Å². The van der Waals surface area contributed by atoms with Gasteiger partial charge in [-0.15, -0.1) is 0 Å². The van der Waals surface area contributed by atoms with Gasteiger partial charge in [-0.05, 0) is 25.0 Å². The molecule has 1 aromatic heterocycles. The van der Waals surface area contributed by atoms with E-state index < -0.39 is 12.0 Å². The molecule has 1 aliphatic rings. The molecule has 0 aromatic carbocycles. The first kappa shape index (κ1) is 11.4. The summed E-state index contributed by atoms with van der Waals surface area (Å²) in [5, 5.41) is 11.6. The Bertz CT molecular complexity index is 421. The van der Waals surface area contributed by atoms with Gasteiger partial charge in [-0.3, -0.25) is 4.98 Å². The van der Waals surface area contributed by atoms with E-state index in [9.17, 15) is 9.59 Å². The van der Waals surface area contributed by atoms with Crippen LogP contribution >= 0.6 is 0 Å². The van der Waals surface area contributed by atoms with E-state index in [0.717, 1.165) is 6.42 Å². The van der Waals surface area contributed by atoms with Gasteiger partial charge < -0.3 is 15.3 Å². The standard InChI is InChI=1S/C11H13N3O3/c15-10(16)9-4-2-6-14(9)11(17)13-8-3-1-5-12-7-8/h1,3,5,7,9H,2,4,6H2,(H,13,17)(H,15,16)/t9-/m1/s1. The number of anilines is 1. The summed E-state index contributed by atoms with van der Waals surface area (Å²) >= 11 is 0. The molecule has 0 radical (unpaired) electrons. The third-order valence-corrected chi connectivity index (χ3v) is 2.71. The summed E-state index contributed by atoms with van der Waals surface area (Å²) in [6, 6.07) is 2.31. The number of nitrogens with one attached hydrogen (secondary N) is 1. The van der Waals surface area contributed by atoms with E-state index in [1.165, 1.54) is 11.1 Å². The number of hydrogen-bond acceptors (Lipinski definition) is 3. The summed E-state index contributed by atoms with van der Waals surface area (Å²) in [4.78, 5) is 28.0. The molecule has 1 aliphatic heterocycles. The van der Waals surface area contributed by atoms with Crippen molar-refractivity contribution in [1.82, 2.24) is 9.88 Å². The molecule has 90 valence electrons. The first-order valence-electron chi connectivity index (χ1n) is 5.39. The molecule has 2 rings (SSSR count). The lowest BCUT2D eigenvalue weighted by Crippen LogP contribution is -2.42. The predicted octanol–water partition coefficient (Wildman–Crippen LogP) is 1.16. The zero-order valence-electron chi connectivity index (χ0n) is 9.17. The molecule has 1 atom stereocenters. The first-order chi connectivity index (χ1) is 8.18. The van der Waals surface area contributed by atoms with Crippen LogP contribution in [0.25, 0.3) is 0 Å². The number of aromatic nitrogens is 1. The minimum atomic E-state index is -0.955. The van der Waals surface area contributed by atoms with E-state index in [-0.39, 0.29) is 6.03 Å². The van der Waals surface area contributed by atoms with Gasteiger partial charge in [0.2, 0.25) is 0 Å². The van der Waals surface area contributed by atoms with Gasteiger partial charge in [-0.25, -0.2) is 9.59 Å². The summed E-state index contributed by atoms with van der Waals surface area (Å²) in [6.45, 7) is 0.475. The highest BCUT2D eigenvalue weighted by atomic mass is 16.4. The summed E-state index contributed by atoms with van der Waals surface area (Å²) in [6.07, 6.45) is 4.35. The van der Waals surface area contributed by atoms with E-state index in [2.05, 4.69) is 10.3 Å². The summed E-state index contributed by atoms with van der Waals surface area (Å²) < 4.78 is 0. The number of hydrogen-bond donors (Lipinski definition) is 2. The van der Waals surface area contributed by atoms with E-state index >= 15 is 0 Å². The average molecular weight is 235 g/mol. The van der Waals surface area contributed by atoms with Crippen molar-refractivity contribution < 1.29 is 14.7 Å². The zero-order chi connectivity index (χ0) is 12.3. The largest absolute Gasteiger partial charge is 0.480 e. The van der Waals surface area contributed by atoms with Gasteiger partial charge in [0.25, 0.3) is 0 Å². The van der Waals surface area contributed by atoms with Gasteiger partial charge in [0.1, 0.15) is 6.04 Å². The SMILES string of the molecule is O=C(O)[C@H]1CCCN1C(=O)Nc1cccnc1. The number of carbonyl (C=O) groups excluding carboxylic acids is 1. The Morgan fingerprint density at radius 3 is 3.00 bits per heavy atom. The number of amides is 2. The quantitative estimate of drug-likeness (QED) is 0.805. The number of carboxylic acid groups (broad SMARTS) is 1. The van der Waals surface area contributed by atoms with Crippen molar-refractivity contribution in [2.45, 2.75) is 18.9 Å². The Labute approximate surface area is 98.3 Å². The van der Waals surface area contributed by atoms with Gasteiger partial charge >= 0.3 is 12.0 Å². The maximum Gasteiger partial charge on any atom is 0.326 e. The van der Waals surface area contributed by atoms with E-state index in [0.29, 0.717) is 18.7 Å². The van der Waals surface area contributed by atoms with Crippen LogP contribution in [-0.2, 0) is 4.79 Å². The molecule has 0 unspecified atom stereocenters. The fourth-order valence-electron chi connectivity index (χ4n) is 1.90. The number of nitrogens with zero attached hydrogens (tertiary/aromatic N) is 2. The van der Waals surface area contributed by atoms with Gasteiger partial charge in [0.05, 0.1) is 11.9 Å². The third-order valence-electron chi connectivity index (χ3n) is 2.71. The maximum atomic E-state index is 11.9. The molecule has 0 saturated carbocycles. The number of likely N-dealkylation sites (tertiary alicyclic amines) is 1. The van der Waals surface area contributed by atoms with Crippen molar-refractivity contribution in [3.05, 3.63) is 24.5 Å². The number of aliphatic carboxylic acids is 1. The lowest BCUT2D eigenvalue weighted by Gasteiger charge is -2.21. The maximum absolute atomic E-state index is 11.9. The molecule has 2 amide bonds. The minimum Gasteiger partial charge on any atom is -0.480 e. The van der Waals surface area contributed by atoms with Crippen molar-refractivity contribution in [3.8, 4) is 0 Å². The Morgan fingerprint density at radius 1 is 1.53 bits per heavy atom. The highest BCUT2D eigenvalue weighted by Crippen LogP contribution is 2.18. The van der Waals surface area contributed by atoms with Crippen LogP contribution in [0.1, 0.15) is 12.8 Å². The van der Waals surface area contributed by atoms with Crippen LogP contribution in [-0.4, -0.2) is 39.6 Å². The number of pyridine rings is 1. The smallest absolute Gasteiger partial charge is 0.326 e. The molecule has 6 nitrogen and oxygen atoms in total. The highest BCUT2D eigenvalue weighted by Gasteiger charge is 2.33. The van der Waals surface area contributed by atoms with Crippen LogP contribution < -0.4 is 5.32 Å². The number of urea groups is 1. The molecule has 6 heteroatoms. The van der Waals surface area contributed by atoms with E-state index in [1.807, 2.05) is 0 Å². The third kappa shape index (κ3) is 2.52. The fraction of sp³-hybridized carbons (Fsp3) is 0.364. The lowest BCUT2D eigenvalue weighted by molar-refractivity contribution is -0.141. The van der Waals surface area contributed by atoms with Crippen molar-refractivity contribution in [1.29, 1.82) is 0 Å². The fourth-order valence-corrected chi connectivity index (χ4v) is 1.90. The molecule has 17 heavy (non-hydrogen) atoms. The number of carboxylic acids is 1. The van der Waals surface area contributed by atoms with Crippen molar-refractivity contribution in [3.63, 3.8) is 0 Å². The van der Waals surface area contributed by atoms with E-state index in [1.54, 1.807) is 18.3 Å². The second-order valence-corrected chi connectivity index (χ2v) is 3.86. The Kier molecular flexibility index (Phi) is 3.22. The second-order valence-electron chi connectivity index (χ2n) is 3.86. The molecule has 1 fully saturated rings. The van der Waals surface area contributed by atoms with Crippen LogP contribution in [0.5, 0.6) is 0 Å². The van der Waals surface area contributed by atoms with Crippen molar-refractivity contribution in [2.24, 2.45) is 0 Å². The predicted molar refractivity (Wildman–Crippen MR) is 60.6 cm³/mol. The Morgan fingerprint density at radius 2 is 2.35 bits per heavy atom. The lowest BCUT2D eigenvalue weighted by atomic mass is 10.2. The van der Waals surface area contributed by atoms with Gasteiger partial charge in [-0.1, -0.05) is 0 Å². The van der Waals surface area contributed by atoms with E-state index in [4.69, 9.17) is 5.11 Å². The van der Waals surface area contributed by atoms with Crippen LogP contribution in [0.3, 0.4) is 0 Å². The summed E-state index contributed by atoms with van der Waals surface area (Å²) in [5.41, 5.74) is 0.563. The monoisotopic (exact) mass is 235 g/mol. The van der Waals surface area contributed by atoms with Gasteiger partial charge in [0.15, 0.2) is 0 Å². The number of carbonyl (C=O) groups is 2. The van der Waals surface area contributed by atoms with Crippen LogP contribution in [0, 0.1) is 0 Å². The Hall–Kier alpha value is -2.11. The first-order valence-corrected chi connectivity index (χ1v) is 5.39.